The van der Waals surface area contributed by atoms with Crippen LogP contribution < -0.4 is 0 Å². The Balaban J connectivity index is 3.63. The molecule has 0 radical (unpaired) electrons. The highest BCUT2D eigenvalue weighted by Crippen LogP contribution is 2.74. The molecule has 0 aromatic rings. The van der Waals surface area contributed by atoms with Gasteiger partial charge in [-0.15, -0.1) is 0 Å². The predicted molar refractivity (Wildman–Crippen MR) is 285 cm³/mol. The Hall–Kier alpha value is -1.14. The van der Waals surface area contributed by atoms with Crippen LogP contribution in [0.2, 0.25) is 0 Å². The van der Waals surface area contributed by atoms with Crippen molar-refractivity contribution in [2.45, 2.75) is 312 Å². The molecule has 2 saturated heterocycles. The minimum absolute atomic E-state index is 0.140. The van der Waals surface area contributed by atoms with Crippen LogP contribution in [-0.4, -0.2) is 65.2 Å². The molecule has 0 atom stereocenters. The molecule has 2 aliphatic rings. The SMILES string of the molecule is CC(C)(C)N1C(C(C)(C)C)(C(C)(C)C)CC(C(CCCCCCCC(=O)O)(C(=O)O)C2CC(C(C)(C)C)(C(C)(C)C)N(C(C)(C)C)C(C(C)(C)C)(C(C)(C)C)C2)CC1(C(C)(C)C)C(C)(C)C. The molecule has 6 heteroatoms. The summed E-state index contributed by atoms with van der Waals surface area (Å²) in [6.45, 7) is 73.7. The van der Waals surface area contributed by atoms with E-state index in [0.29, 0.717) is 12.8 Å². The van der Waals surface area contributed by atoms with Gasteiger partial charge in [0.05, 0.1) is 5.41 Å². The largest absolute Gasteiger partial charge is 0.481 e. The quantitative estimate of drug-likeness (QED) is 0.201. The van der Waals surface area contributed by atoms with Gasteiger partial charge in [0.2, 0.25) is 0 Å². The van der Waals surface area contributed by atoms with Gasteiger partial charge in [-0.2, -0.15) is 0 Å². The molecule has 2 fully saturated rings. The van der Waals surface area contributed by atoms with Crippen molar-refractivity contribution in [1.82, 2.24) is 9.80 Å². The lowest BCUT2D eigenvalue weighted by atomic mass is 9.38. The van der Waals surface area contributed by atoms with Gasteiger partial charge in [-0.05, 0) is 135 Å². The number of nitrogens with zero attached hydrogens (tertiary/aromatic N) is 2. The summed E-state index contributed by atoms with van der Waals surface area (Å²) in [4.78, 5) is 33.5. The van der Waals surface area contributed by atoms with Gasteiger partial charge >= 0.3 is 11.9 Å². The van der Waals surface area contributed by atoms with E-state index >= 15 is 4.79 Å². The zero-order valence-electron chi connectivity index (χ0n) is 50.0. The number of carboxylic acid groups (broad SMARTS) is 2. The van der Waals surface area contributed by atoms with Crippen LogP contribution >= 0.6 is 0 Å². The van der Waals surface area contributed by atoms with Crippen molar-refractivity contribution in [2.24, 2.45) is 60.6 Å². The lowest BCUT2D eigenvalue weighted by molar-refractivity contribution is -0.301. The van der Waals surface area contributed by atoms with Gasteiger partial charge in [0, 0.05) is 39.7 Å². The second kappa shape index (κ2) is 18.2. The average molecular weight is 930 g/mol. The standard InChI is InChI=1S/C60H116N2O4/c1-46(2,3)57(47(4,5)6)38-42(39-58(48(7,8)9,49(10,11)12)61(57)54(25,26)27)56(45(65)66,37-35-33-31-32-34-36-44(63)64)43-40-59(50(13,14)15,51(16,17)18)62(55(28,29)30)60(41-43,52(19,20)21)53(22,23)24/h42-43H,31-41H2,1-30H3,(H,63,64)(H,65,66). The Morgan fingerprint density at radius 3 is 0.773 bits per heavy atom. The third kappa shape index (κ3) is 9.90. The summed E-state index contributed by atoms with van der Waals surface area (Å²) in [5.74, 6) is -1.62. The van der Waals surface area contributed by atoms with Crippen LogP contribution in [0, 0.1) is 60.6 Å². The molecule has 0 aromatic heterocycles. The number of aliphatic carboxylic acids is 2. The lowest BCUT2D eigenvalue weighted by Gasteiger charge is -2.80. The maximum atomic E-state index is 16.0. The van der Waals surface area contributed by atoms with Crippen LogP contribution in [0.4, 0.5) is 0 Å². The molecule has 0 unspecified atom stereocenters. The van der Waals surface area contributed by atoms with E-state index in [0.717, 1.165) is 51.4 Å². The summed E-state index contributed by atoms with van der Waals surface area (Å²) in [7, 11) is 0. The average Bonchev–Trinajstić information content (AvgIpc) is 3.03. The summed E-state index contributed by atoms with van der Waals surface area (Å²) >= 11 is 0. The van der Waals surface area contributed by atoms with Gasteiger partial charge in [-0.3, -0.25) is 19.4 Å². The molecule has 0 amide bonds. The Morgan fingerprint density at radius 1 is 0.379 bits per heavy atom. The molecule has 390 valence electrons. The van der Waals surface area contributed by atoms with E-state index in [1.54, 1.807) is 0 Å². The third-order valence-electron chi connectivity index (χ3n) is 18.8. The first kappa shape index (κ1) is 61.0. The normalized spacial score (nSPS) is 21.8. The molecule has 2 N–H and O–H groups in total. The van der Waals surface area contributed by atoms with E-state index in [4.69, 9.17) is 0 Å². The molecule has 6 nitrogen and oxygen atoms in total. The van der Waals surface area contributed by atoms with Gasteiger partial charge in [-0.25, -0.2) is 0 Å². The van der Waals surface area contributed by atoms with E-state index < -0.39 is 39.5 Å². The maximum Gasteiger partial charge on any atom is 0.310 e. The predicted octanol–water partition coefficient (Wildman–Crippen LogP) is 17.2. The first-order valence-corrected chi connectivity index (χ1v) is 26.8. The second-order valence-corrected chi connectivity index (χ2v) is 32.7. The summed E-state index contributed by atoms with van der Waals surface area (Å²) < 4.78 is 0. The highest BCUT2D eigenvalue weighted by molar-refractivity contribution is 5.76. The number of likely N-dealkylation sites (tertiary alicyclic amines) is 2. The van der Waals surface area contributed by atoms with Crippen molar-refractivity contribution < 1.29 is 19.8 Å². The molecule has 2 aliphatic heterocycles. The molecule has 0 spiro atoms. The summed E-state index contributed by atoms with van der Waals surface area (Å²) in [5, 5.41) is 22.6. The molecule has 2 heterocycles. The summed E-state index contributed by atoms with van der Waals surface area (Å²) in [6, 6.07) is 0. The fourth-order valence-corrected chi connectivity index (χ4v) is 17.7. The molecule has 0 saturated carbocycles. The minimum atomic E-state index is -1.07. The van der Waals surface area contributed by atoms with Crippen molar-refractivity contribution in [3.05, 3.63) is 0 Å². The van der Waals surface area contributed by atoms with Crippen LogP contribution in [-0.2, 0) is 9.59 Å². The zero-order chi connectivity index (χ0) is 52.7. The van der Waals surface area contributed by atoms with Gasteiger partial charge < -0.3 is 10.2 Å². The van der Waals surface area contributed by atoms with Gasteiger partial charge in [0.15, 0.2) is 0 Å². The van der Waals surface area contributed by atoms with Crippen LogP contribution in [0.25, 0.3) is 0 Å². The van der Waals surface area contributed by atoms with E-state index in [1.807, 2.05) is 0 Å². The van der Waals surface area contributed by atoms with Crippen molar-refractivity contribution in [3.63, 3.8) is 0 Å². The molecular formula is C60H116N2O4. The van der Waals surface area contributed by atoms with Crippen molar-refractivity contribution in [2.75, 3.05) is 0 Å². The first-order chi connectivity index (χ1) is 28.7. The van der Waals surface area contributed by atoms with E-state index in [2.05, 4.69) is 218 Å². The van der Waals surface area contributed by atoms with Crippen LogP contribution in [0.15, 0.2) is 0 Å². The molecular weight excluding hydrogens is 813 g/mol. The maximum absolute atomic E-state index is 16.0. The molecule has 0 bridgehead atoms. The highest BCUT2D eigenvalue weighted by atomic mass is 16.4. The van der Waals surface area contributed by atoms with Crippen LogP contribution in [0.3, 0.4) is 0 Å². The summed E-state index contributed by atoms with van der Waals surface area (Å²) in [5.41, 5.74) is -5.07. The smallest absolute Gasteiger partial charge is 0.310 e. The fraction of sp³-hybridized carbons (Fsp3) is 0.967. The number of hydrogen-bond acceptors (Lipinski definition) is 4. The Bertz CT molecular complexity index is 1420. The van der Waals surface area contributed by atoms with Gasteiger partial charge in [0.25, 0.3) is 0 Å². The van der Waals surface area contributed by atoms with Crippen molar-refractivity contribution >= 4 is 11.9 Å². The Morgan fingerprint density at radius 2 is 0.591 bits per heavy atom. The van der Waals surface area contributed by atoms with Crippen molar-refractivity contribution in [1.29, 1.82) is 0 Å². The van der Waals surface area contributed by atoms with Gasteiger partial charge in [0.1, 0.15) is 0 Å². The summed E-state index contributed by atoms with van der Waals surface area (Å²) in [6.07, 6.45) is 8.13. The highest BCUT2D eigenvalue weighted by Gasteiger charge is 2.77. The number of carbonyl (C=O) groups is 2. The topological polar surface area (TPSA) is 81.1 Å². The second-order valence-electron chi connectivity index (χ2n) is 32.7. The Kier molecular flexibility index (Phi) is 16.8. The molecule has 0 aromatic carbocycles. The van der Waals surface area contributed by atoms with E-state index in [-0.39, 0.29) is 72.7 Å². The fourth-order valence-electron chi connectivity index (χ4n) is 17.7. The lowest BCUT2D eigenvalue weighted by Crippen LogP contribution is -2.85. The van der Waals surface area contributed by atoms with Crippen LogP contribution in [0.5, 0.6) is 0 Å². The number of unbranched alkanes of at least 4 members (excludes halogenated alkanes) is 4. The number of piperidine rings is 2. The van der Waals surface area contributed by atoms with Gasteiger partial charge in [-0.1, -0.05) is 192 Å². The monoisotopic (exact) mass is 929 g/mol. The third-order valence-corrected chi connectivity index (χ3v) is 18.8. The van der Waals surface area contributed by atoms with Crippen LogP contribution in [0.1, 0.15) is 278 Å². The molecule has 66 heavy (non-hydrogen) atoms. The number of hydrogen-bond donors (Lipinski definition) is 2. The molecule has 0 aliphatic carbocycles. The molecule has 2 rings (SSSR count). The number of rotatable bonds is 11. The van der Waals surface area contributed by atoms with E-state index in [9.17, 15) is 15.0 Å². The zero-order valence-corrected chi connectivity index (χ0v) is 50.0. The van der Waals surface area contributed by atoms with Crippen molar-refractivity contribution in [3.8, 4) is 0 Å². The minimum Gasteiger partial charge on any atom is -0.481 e. The first-order valence-electron chi connectivity index (χ1n) is 26.8. The number of carboxylic acids is 2. The Labute approximate surface area is 412 Å². The van der Waals surface area contributed by atoms with E-state index in [1.165, 1.54) is 0 Å².